The van der Waals surface area contributed by atoms with Gasteiger partial charge in [0.25, 0.3) is 5.22 Å². The summed E-state index contributed by atoms with van der Waals surface area (Å²) in [4.78, 5) is 16.6. The lowest BCUT2D eigenvalue weighted by molar-refractivity contribution is -0.113. The van der Waals surface area contributed by atoms with Gasteiger partial charge in [-0.2, -0.15) is 0 Å². The van der Waals surface area contributed by atoms with E-state index in [1.807, 2.05) is 0 Å². The standard InChI is InChI=1S/C20H14ClFN4O3S2/c1-28-16-7-4-12(8-14(16)22)15-9-30-19(23-15)24-17(27)10-31-20-26-25-18(29-20)11-2-5-13(21)6-3-11/h2-9H,10H2,1H3,(H,23,24,27). The van der Waals surface area contributed by atoms with Gasteiger partial charge in [0, 0.05) is 21.5 Å². The van der Waals surface area contributed by atoms with Crippen molar-refractivity contribution in [3.05, 3.63) is 58.7 Å². The van der Waals surface area contributed by atoms with Crippen LogP contribution in [-0.2, 0) is 4.79 Å². The zero-order valence-electron chi connectivity index (χ0n) is 16.0. The Balaban J connectivity index is 1.34. The van der Waals surface area contributed by atoms with E-state index in [-0.39, 0.29) is 22.6 Å². The second-order valence-electron chi connectivity index (χ2n) is 6.10. The van der Waals surface area contributed by atoms with E-state index in [1.165, 1.54) is 30.6 Å². The van der Waals surface area contributed by atoms with Crippen molar-refractivity contribution in [2.24, 2.45) is 0 Å². The molecule has 4 aromatic rings. The van der Waals surface area contributed by atoms with Crippen molar-refractivity contribution in [1.82, 2.24) is 15.2 Å². The molecule has 0 aliphatic heterocycles. The Bertz CT molecular complexity index is 1210. The molecule has 1 amide bonds. The predicted octanol–water partition coefficient (Wildman–Crippen LogP) is 5.39. The first-order valence-electron chi connectivity index (χ1n) is 8.83. The summed E-state index contributed by atoms with van der Waals surface area (Å²) in [5.41, 5.74) is 1.88. The molecule has 7 nitrogen and oxygen atoms in total. The van der Waals surface area contributed by atoms with Crippen LogP contribution in [0, 0.1) is 5.82 Å². The fraction of sp³-hybridized carbons (Fsp3) is 0.100. The molecule has 31 heavy (non-hydrogen) atoms. The number of halogens is 2. The molecular weight excluding hydrogens is 463 g/mol. The highest BCUT2D eigenvalue weighted by molar-refractivity contribution is 7.99. The minimum Gasteiger partial charge on any atom is -0.494 e. The SMILES string of the molecule is COc1ccc(-c2csc(NC(=O)CSc3nnc(-c4ccc(Cl)cc4)o3)n2)cc1F. The molecule has 0 bridgehead atoms. The third-order valence-corrected chi connectivity index (χ3v) is 5.85. The number of rotatable bonds is 7. The maximum absolute atomic E-state index is 13.9. The highest BCUT2D eigenvalue weighted by Crippen LogP contribution is 2.29. The number of amides is 1. The van der Waals surface area contributed by atoms with Crippen LogP contribution in [0.5, 0.6) is 5.75 Å². The van der Waals surface area contributed by atoms with Crippen LogP contribution >= 0.6 is 34.7 Å². The van der Waals surface area contributed by atoms with E-state index >= 15 is 0 Å². The van der Waals surface area contributed by atoms with E-state index in [0.29, 0.717) is 27.3 Å². The Labute approximate surface area is 189 Å². The minimum absolute atomic E-state index is 0.0638. The van der Waals surface area contributed by atoms with Crippen LogP contribution in [-0.4, -0.2) is 34.0 Å². The number of carbonyl (C=O) groups excluding carboxylic acids is 1. The van der Waals surface area contributed by atoms with Gasteiger partial charge in [-0.25, -0.2) is 9.37 Å². The Morgan fingerprint density at radius 3 is 2.74 bits per heavy atom. The lowest BCUT2D eigenvalue weighted by Gasteiger charge is -2.03. The summed E-state index contributed by atoms with van der Waals surface area (Å²) in [6.07, 6.45) is 0. The number of thiazole rings is 1. The molecule has 0 unspecified atom stereocenters. The normalized spacial score (nSPS) is 10.8. The maximum Gasteiger partial charge on any atom is 0.277 e. The molecule has 0 aliphatic rings. The molecule has 2 aromatic carbocycles. The maximum atomic E-state index is 13.9. The number of nitrogens with one attached hydrogen (secondary N) is 1. The van der Waals surface area contributed by atoms with Crippen molar-refractivity contribution in [2.45, 2.75) is 5.22 Å². The van der Waals surface area contributed by atoms with E-state index in [4.69, 9.17) is 20.8 Å². The van der Waals surface area contributed by atoms with Gasteiger partial charge in [-0.05, 0) is 42.5 Å². The molecule has 0 saturated carbocycles. The minimum atomic E-state index is -0.479. The first-order chi connectivity index (χ1) is 15.0. The molecule has 158 valence electrons. The molecule has 0 aliphatic carbocycles. The molecule has 0 atom stereocenters. The van der Waals surface area contributed by atoms with Crippen LogP contribution in [0.1, 0.15) is 0 Å². The highest BCUT2D eigenvalue weighted by atomic mass is 35.5. The summed E-state index contributed by atoms with van der Waals surface area (Å²) in [6, 6.07) is 11.6. The number of hydrogen-bond acceptors (Lipinski definition) is 8. The predicted molar refractivity (Wildman–Crippen MR) is 118 cm³/mol. The number of methoxy groups -OCH3 is 1. The van der Waals surface area contributed by atoms with Crippen LogP contribution in [0.3, 0.4) is 0 Å². The van der Waals surface area contributed by atoms with Gasteiger partial charge < -0.3 is 14.5 Å². The quantitative estimate of drug-likeness (QED) is 0.357. The van der Waals surface area contributed by atoms with E-state index in [0.717, 1.165) is 17.3 Å². The summed E-state index contributed by atoms with van der Waals surface area (Å²) in [6.45, 7) is 0. The summed E-state index contributed by atoms with van der Waals surface area (Å²) >= 11 is 8.22. The first-order valence-corrected chi connectivity index (χ1v) is 11.1. The summed E-state index contributed by atoms with van der Waals surface area (Å²) in [5, 5.41) is 13.6. The molecule has 2 aromatic heterocycles. The van der Waals surface area contributed by atoms with Crippen molar-refractivity contribution in [3.63, 3.8) is 0 Å². The average molecular weight is 477 g/mol. The summed E-state index contributed by atoms with van der Waals surface area (Å²) < 4.78 is 24.4. The third kappa shape index (κ3) is 5.22. The number of benzene rings is 2. The number of aromatic nitrogens is 3. The van der Waals surface area contributed by atoms with Gasteiger partial charge in [-0.3, -0.25) is 4.79 Å². The number of ether oxygens (including phenoxy) is 1. The lowest BCUT2D eigenvalue weighted by atomic mass is 10.1. The van der Waals surface area contributed by atoms with Gasteiger partial charge in [0.2, 0.25) is 11.8 Å². The van der Waals surface area contributed by atoms with Crippen LogP contribution in [0.2, 0.25) is 5.02 Å². The number of thioether (sulfide) groups is 1. The smallest absolute Gasteiger partial charge is 0.277 e. The fourth-order valence-corrected chi connectivity index (χ4v) is 3.97. The van der Waals surface area contributed by atoms with Crippen molar-refractivity contribution < 1.29 is 18.3 Å². The Morgan fingerprint density at radius 1 is 1.23 bits per heavy atom. The van der Waals surface area contributed by atoms with Gasteiger partial charge in [-0.1, -0.05) is 23.4 Å². The zero-order chi connectivity index (χ0) is 21.8. The van der Waals surface area contributed by atoms with Gasteiger partial charge in [0.05, 0.1) is 18.6 Å². The average Bonchev–Trinajstić information content (AvgIpc) is 3.43. The van der Waals surface area contributed by atoms with Crippen molar-refractivity contribution in [3.8, 4) is 28.5 Å². The van der Waals surface area contributed by atoms with Gasteiger partial charge in [-0.15, -0.1) is 21.5 Å². The van der Waals surface area contributed by atoms with Gasteiger partial charge >= 0.3 is 0 Å². The number of carbonyl (C=O) groups is 1. The van der Waals surface area contributed by atoms with Crippen LogP contribution in [0.4, 0.5) is 9.52 Å². The molecule has 2 heterocycles. The molecule has 0 saturated heterocycles. The second-order valence-corrected chi connectivity index (χ2v) is 8.33. The zero-order valence-corrected chi connectivity index (χ0v) is 18.4. The van der Waals surface area contributed by atoms with E-state index in [1.54, 1.807) is 35.7 Å². The third-order valence-electron chi connectivity index (χ3n) is 4.02. The molecule has 0 fully saturated rings. The molecule has 0 radical (unpaired) electrons. The lowest BCUT2D eigenvalue weighted by Crippen LogP contribution is -2.13. The number of hydrogen-bond donors (Lipinski definition) is 1. The molecule has 11 heteroatoms. The first kappa shape index (κ1) is 21.3. The van der Waals surface area contributed by atoms with Gasteiger partial charge in [0.15, 0.2) is 16.7 Å². The molecular formula is C20H14ClFN4O3S2. The number of anilines is 1. The molecule has 4 rings (SSSR count). The summed E-state index contributed by atoms with van der Waals surface area (Å²) in [7, 11) is 1.40. The fourth-order valence-electron chi connectivity index (χ4n) is 2.55. The van der Waals surface area contributed by atoms with E-state index in [9.17, 15) is 9.18 Å². The topological polar surface area (TPSA) is 90.1 Å². The van der Waals surface area contributed by atoms with Gasteiger partial charge in [0.1, 0.15) is 0 Å². The molecule has 0 spiro atoms. The van der Waals surface area contributed by atoms with Crippen LogP contribution in [0.25, 0.3) is 22.7 Å². The Morgan fingerprint density at radius 2 is 2.00 bits per heavy atom. The monoisotopic (exact) mass is 476 g/mol. The largest absolute Gasteiger partial charge is 0.494 e. The van der Waals surface area contributed by atoms with Crippen LogP contribution in [0.15, 0.2) is 57.5 Å². The van der Waals surface area contributed by atoms with E-state index in [2.05, 4.69) is 20.5 Å². The second kappa shape index (κ2) is 9.46. The molecule has 1 N–H and O–H groups in total. The summed E-state index contributed by atoms with van der Waals surface area (Å²) in [5.74, 6) is -0.194. The Hall–Kier alpha value is -2.95. The number of nitrogens with zero attached hydrogens (tertiary/aromatic N) is 3. The Kier molecular flexibility index (Phi) is 6.50. The highest BCUT2D eigenvalue weighted by Gasteiger charge is 2.14. The van der Waals surface area contributed by atoms with E-state index < -0.39 is 5.82 Å². The van der Waals surface area contributed by atoms with Crippen molar-refractivity contribution in [2.75, 3.05) is 18.2 Å². The van der Waals surface area contributed by atoms with Crippen molar-refractivity contribution in [1.29, 1.82) is 0 Å². The van der Waals surface area contributed by atoms with Crippen LogP contribution < -0.4 is 10.1 Å². The van der Waals surface area contributed by atoms with Crippen molar-refractivity contribution >= 4 is 45.7 Å².